The third kappa shape index (κ3) is 6.50. The van der Waals surface area contributed by atoms with E-state index in [1.807, 2.05) is 115 Å². The molecule has 0 radical (unpaired) electrons. The van der Waals surface area contributed by atoms with Gasteiger partial charge in [-0.2, -0.15) is 0 Å². The number of carbonyl (C=O) groups is 3. The van der Waals surface area contributed by atoms with E-state index in [4.69, 9.17) is 9.47 Å². The lowest BCUT2D eigenvalue weighted by Crippen LogP contribution is -2.75. The maximum atomic E-state index is 14.2. The number of nitrogens with zero attached hydrogens (tertiary/aromatic N) is 1. The Labute approximate surface area is 264 Å². The summed E-state index contributed by atoms with van der Waals surface area (Å²) in [4.78, 5) is 42.0. The number of hydrogen-bond donors (Lipinski definition) is 1. The standard InChI is InChI=1S/C36H32N2O6S/c1-43-29-19-17-25(18-20-29)21-28-23-45(42)35-31(37-30(39)22-24-11-5-2-6-12-24)34(40)38(35)32(28)36(41)44-33(26-13-7-3-8-14-26)27-15-9-4-10-16-27/h2-20,31,33,35H,21-23H2,1H3,(H,37,39)/t31?,35-,45?/m0/s1. The molecule has 1 fully saturated rings. The summed E-state index contributed by atoms with van der Waals surface area (Å²) in [6, 6.07) is 34.3. The van der Waals surface area contributed by atoms with E-state index in [-0.39, 0.29) is 30.2 Å². The molecule has 0 spiro atoms. The quantitative estimate of drug-likeness (QED) is 0.159. The smallest absolute Gasteiger partial charge is 0.356 e. The van der Waals surface area contributed by atoms with E-state index in [0.717, 1.165) is 22.3 Å². The number of carbonyl (C=O) groups excluding carboxylic acids is 3. The van der Waals surface area contributed by atoms with Crippen molar-refractivity contribution in [1.29, 1.82) is 0 Å². The van der Waals surface area contributed by atoms with Gasteiger partial charge >= 0.3 is 5.97 Å². The molecule has 228 valence electrons. The lowest BCUT2D eigenvalue weighted by molar-refractivity contribution is -0.155. The van der Waals surface area contributed by atoms with Gasteiger partial charge in [0.1, 0.15) is 17.2 Å². The highest BCUT2D eigenvalue weighted by atomic mass is 32.2. The molecule has 1 N–H and O–H groups in total. The Hall–Kier alpha value is -4.86. The molecule has 0 saturated carbocycles. The molecule has 4 aromatic carbocycles. The van der Waals surface area contributed by atoms with Crippen LogP contribution in [0.25, 0.3) is 0 Å². The van der Waals surface area contributed by atoms with E-state index < -0.39 is 40.6 Å². The van der Waals surface area contributed by atoms with Gasteiger partial charge in [0.2, 0.25) is 11.3 Å². The van der Waals surface area contributed by atoms with Gasteiger partial charge in [-0.05, 0) is 45.6 Å². The van der Waals surface area contributed by atoms with Crippen molar-refractivity contribution in [2.24, 2.45) is 0 Å². The minimum absolute atomic E-state index is 0.0529. The highest BCUT2D eigenvalue weighted by molar-refractivity contribution is 7.92. The van der Waals surface area contributed by atoms with Crippen LogP contribution in [0.1, 0.15) is 28.4 Å². The van der Waals surface area contributed by atoms with E-state index in [1.54, 1.807) is 7.11 Å². The first kappa shape index (κ1) is 30.2. The number of benzene rings is 4. The maximum Gasteiger partial charge on any atom is 0.356 e. The molecule has 1 saturated heterocycles. The van der Waals surface area contributed by atoms with Gasteiger partial charge in [0.15, 0.2) is 12.1 Å². The Kier molecular flexibility index (Phi) is 9.00. The summed E-state index contributed by atoms with van der Waals surface area (Å²) in [5, 5.41) is 1.88. The van der Waals surface area contributed by atoms with E-state index in [2.05, 4.69) is 5.32 Å². The van der Waals surface area contributed by atoms with Crippen LogP contribution in [-0.4, -0.2) is 51.5 Å². The van der Waals surface area contributed by atoms with Crippen LogP contribution in [-0.2, 0) is 43.1 Å². The number of rotatable bonds is 10. The van der Waals surface area contributed by atoms with Crippen LogP contribution in [0.4, 0.5) is 0 Å². The first-order valence-corrected chi connectivity index (χ1v) is 16.0. The third-order valence-electron chi connectivity index (χ3n) is 7.93. The molecule has 2 unspecified atom stereocenters. The summed E-state index contributed by atoms with van der Waals surface area (Å²) in [7, 11) is 1.58. The van der Waals surface area contributed by atoms with Crippen molar-refractivity contribution in [2.45, 2.75) is 30.4 Å². The van der Waals surface area contributed by atoms with Crippen LogP contribution in [0, 0.1) is 0 Å². The first-order valence-electron chi connectivity index (χ1n) is 14.6. The van der Waals surface area contributed by atoms with E-state index in [0.29, 0.717) is 11.3 Å². The normalized spacial score (nSPS) is 19.0. The van der Waals surface area contributed by atoms with Crippen LogP contribution in [0.2, 0.25) is 0 Å². The van der Waals surface area contributed by atoms with Crippen molar-refractivity contribution >= 4 is 29.0 Å². The third-order valence-corrected chi connectivity index (χ3v) is 9.58. The monoisotopic (exact) mass is 620 g/mol. The zero-order valence-corrected chi connectivity index (χ0v) is 25.4. The van der Waals surface area contributed by atoms with Crippen molar-refractivity contribution in [3.8, 4) is 5.75 Å². The van der Waals surface area contributed by atoms with Crippen molar-refractivity contribution in [3.63, 3.8) is 0 Å². The Balaban J connectivity index is 1.32. The van der Waals surface area contributed by atoms with Gasteiger partial charge in [-0.25, -0.2) is 4.79 Å². The number of amides is 2. The van der Waals surface area contributed by atoms with Crippen molar-refractivity contribution in [2.75, 3.05) is 12.9 Å². The van der Waals surface area contributed by atoms with Crippen molar-refractivity contribution in [3.05, 3.63) is 149 Å². The Morgan fingerprint density at radius 2 is 1.44 bits per heavy atom. The van der Waals surface area contributed by atoms with Gasteiger partial charge in [-0.15, -0.1) is 0 Å². The molecule has 8 nitrogen and oxygen atoms in total. The molecule has 45 heavy (non-hydrogen) atoms. The summed E-state index contributed by atoms with van der Waals surface area (Å²) in [5.41, 5.74) is 3.79. The second kappa shape index (κ2) is 13.4. The van der Waals surface area contributed by atoms with Gasteiger partial charge in [0.05, 0.1) is 13.5 Å². The second-order valence-corrected chi connectivity index (χ2v) is 12.4. The zero-order valence-electron chi connectivity index (χ0n) is 24.6. The lowest BCUT2D eigenvalue weighted by atomic mass is 9.98. The van der Waals surface area contributed by atoms with Gasteiger partial charge in [0.25, 0.3) is 5.91 Å². The van der Waals surface area contributed by atoms with Crippen LogP contribution < -0.4 is 10.1 Å². The Morgan fingerprint density at radius 1 is 0.867 bits per heavy atom. The molecule has 2 heterocycles. The fourth-order valence-corrected chi connectivity index (χ4v) is 7.41. The molecule has 2 amide bonds. The fourth-order valence-electron chi connectivity index (χ4n) is 5.72. The van der Waals surface area contributed by atoms with Gasteiger partial charge in [-0.3, -0.25) is 14.5 Å². The molecule has 0 bridgehead atoms. The van der Waals surface area contributed by atoms with E-state index in [1.165, 1.54) is 4.90 Å². The zero-order chi connectivity index (χ0) is 31.3. The van der Waals surface area contributed by atoms with Gasteiger partial charge in [0, 0.05) is 12.0 Å². The summed E-state index contributed by atoms with van der Waals surface area (Å²) >= 11 is -1.57. The number of fused-ring (bicyclic) bond motifs is 1. The van der Waals surface area contributed by atoms with E-state index in [9.17, 15) is 18.9 Å². The Bertz CT molecular complexity index is 1660. The van der Waals surface area contributed by atoms with Crippen LogP contribution in [0.5, 0.6) is 5.75 Å². The van der Waals surface area contributed by atoms with Crippen LogP contribution in [0.15, 0.2) is 127 Å². The summed E-state index contributed by atoms with van der Waals surface area (Å²) in [5.74, 6) is -0.816. The largest absolute Gasteiger partial charge is 0.614 e. The number of ether oxygens (including phenoxy) is 2. The van der Waals surface area contributed by atoms with Gasteiger partial charge in [-0.1, -0.05) is 103 Å². The number of nitrogens with one attached hydrogen (secondary N) is 1. The minimum atomic E-state index is -1.57. The molecular formula is C36H32N2O6S. The topological polar surface area (TPSA) is 108 Å². The average molecular weight is 621 g/mol. The molecule has 6 rings (SSSR count). The minimum Gasteiger partial charge on any atom is -0.614 e. The maximum absolute atomic E-state index is 14.2. The second-order valence-electron chi connectivity index (χ2n) is 10.9. The number of hydrogen-bond acceptors (Lipinski definition) is 6. The molecular weight excluding hydrogens is 588 g/mol. The molecule has 2 aliphatic rings. The summed E-state index contributed by atoms with van der Waals surface area (Å²) in [6.45, 7) is 0. The predicted octanol–water partition coefficient (Wildman–Crippen LogP) is 4.48. The highest BCUT2D eigenvalue weighted by Crippen LogP contribution is 2.39. The van der Waals surface area contributed by atoms with Crippen LogP contribution in [0.3, 0.4) is 0 Å². The Morgan fingerprint density at radius 3 is 2.02 bits per heavy atom. The predicted molar refractivity (Wildman–Crippen MR) is 170 cm³/mol. The van der Waals surface area contributed by atoms with E-state index >= 15 is 0 Å². The molecule has 9 heteroatoms. The number of methoxy groups -OCH3 is 1. The number of esters is 1. The van der Waals surface area contributed by atoms with Gasteiger partial charge < -0.3 is 19.3 Å². The molecule has 3 atom stereocenters. The summed E-state index contributed by atoms with van der Waals surface area (Å²) < 4.78 is 25.1. The van der Waals surface area contributed by atoms with Crippen LogP contribution >= 0.6 is 0 Å². The fraction of sp³-hybridized carbons (Fsp3) is 0.194. The van der Waals surface area contributed by atoms with Crippen molar-refractivity contribution in [1.82, 2.24) is 10.2 Å². The first-order chi connectivity index (χ1) is 21.9. The lowest BCUT2D eigenvalue weighted by Gasteiger charge is -2.49. The molecule has 0 aliphatic carbocycles. The molecule has 4 aromatic rings. The SMILES string of the molecule is COc1ccc(CC2=C(C(=O)OC(c3ccccc3)c3ccccc3)N3C(=O)C(NC(=O)Cc4ccccc4)[C@@H]3[S+]([O-])C2)cc1. The highest BCUT2D eigenvalue weighted by Gasteiger charge is 2.61. The summed E-state index contributed by atoms with van der Waals surface area (Å²) in [6.07, 6.45) is -0.380. The number of β-lactam (4-membered cyclic amide) rings is 1. The van der Waals surface area contributed by atoms with Crippen molar-refractivity contribution < 1.29 is 28.4 Å². The average Bonchev–Trinajstić information content (AvgIpc) is 3.07. The molecule has 0 aromatic heterocycles. The molecule has 2 aliphatic heterocycles.